The molecule has 2 aliphatic heterocycles. The Morgan fingerprint density at radius 3 is 2.57 bits per heavy atom. The largest absolute Gasteiger partial charge is 0.598 e. The van der Waals surface area contributed by atoms with Crippen molar-refractivity contribution in [3.8, 4) is 22.9 Å². The lowest BCUT2D eigenvalue weighted by Crippen LogP contribution is -2.61. The monoisotopic (exact) mass is 662 g/mol. The van der Waals surface area contributed by atoms with E-state index in [9.17, 15) is 23.4 Å². The number of alkyl halides is 2. The predicted octanol–water partition coefficient (Wildman–Crippen LogP) is 6.53. The van der Waals surface area contributed by atoms with Gasteiger partial charge in [-0.05, 0) is 76.4 Å². The number of nitriles is 1. The minimum atomic E-state index is -3.07. The van der Waals surface area contributed by atoms with Gasteiger partial charge in [0.25, 0.3) is 5.91 Å². The molecule has 13 heteroatoms. The SMILES string of the molecule is CN1C(=O)c2cccc(OC(F)F)c2[C@@H]2C[C@@H]1c1nc3ccc(-c4cnc([C@]5(N[S@@+]([O-])C(C)(C)C)C[C@@](C)(C#N)C5)c(F)c4)cc3n12. The number of ether oxygens (including phenoxy) is 1. The number of nitrogens with one attached hydrogen (secondary N) is 1. The Labute approximate surface area is 273 Å². The van der Waals surface area contributed by atoms with Crippen molar-refractivity contribution in [2.75, 3.05) is 7.05 Å². The van der Waals surface area contributed by atoms with Crippen LogP contribution in [0.2, 0.25) is 0 Å². The van der Waals surface area contributed by atoms with Gasteiger partial charge < -0.3 is 18.8 Å². The summed E-state index contributed by atoms with van der Waals surface area (Å²) in [5, 5.41) is 9.69. The van der Waals surface area contributed by atoms with Gasteiger partial charge in [0.05, 0.1) is 34.6 Å². The molecule has 1 N–H and O–H groups in total. The highest BCUT2D eigenvalue weighted by molar-refractivity contribution is 7.90. The van der Waals surface area contributed by atoms with E-state index in [1.165, 1.54) is 18.2 Å². The molecule has 2 aromatic heterocycles. The Morgan fingerprint density at radius 1 is 1.17 bits per heavy atom. The summed E-state index contributed by atoms with van der Waals surface area (Å²) in [7, 11) is 1.68. The van der Waals surface area contributed by atoms with E-state index in [1.807, 2.05) is 31.4 Å². The van der Waals surface area contributed by atoms with E-state index >= 15 is 4.39 Å². The van der Waals surface area contributed by atoms with E-state index in [0.717, 1.165) is 0 Å². The number of pyridine rings is 1. The topological polar surface area (TPSA) is 119 Å². The Kier molecular flexibility index (Phi) is 7.17. The molecule has 7 rings (SSSR count). The zero-order valence-electron chi connectivity index (χ0n) is 26.5. The fourth-order valence-corrected chi connectivity index (χ4v) is 8.29. The van der Waals surface area contributed by atoms with Crippen LogP contribution >= 0.6 is 0 Å². The Morgan fingerprint density at radius 2 is 1.91 bits per heavy atom. The van der Waals surface area contributed by atoms with Gasteiger partial charge in [0.1, 0.15) is 33.4 Å². The van der Waals surface area contributed by atoms with E-state index < -0.39 is 51.6 Å². The maximum Gasteiger partial charge on any atom is 0.387 e. The Bertz CT molecular complexity index is 1980. The number of amides is 1. The molecule has 3 atom stereocenters. The van der Waals surface area contributed by atoms with E-state index in [0.29, 0.717) is 45.5 Å². The number of fused-ring (bicyclic) bond motifs is 9. The molecule has 47 heavy (non-hydrogen) atoms. The molecule has 0 spiro atoms. The molecule has 4 heterocycles. The summed E-state index contributed by atoms with van der Waals surface area (Å²) in [5.74, 6) is -0.320. The molecule has 1 fully saturated rings. The van der Waals surface area contributed by atoms with Crippen LogP contribution in [0, 0.1) is 22.6 Å². The molecule has 4 aromatic rings. The minimum Gasteiger partial charge on any atom is -0.598 e. The van der Waals surface area contributed by atoms with Crippen LogP contribution in [-0.4, -0.2) is 48.3 Å². The van der Waals surface area contributed by atoms with Crippen LogP contribution in [0.4, 0.5) is 13.2 Å². The molecule has 3 aliphatic rings. The van der Waals surface area contributed by atoms with Crippen molar-refractivity contribution in [2.45, 2.75) is 75.9 Å². The summed E-state index contributed by atoms with van der Waals surface area (Å²) in [6, 6.07) is 12.8. The van der Waals surface area contributed by atoms with E-state index in [-0.39, 0.29) is 30.2 Å². The van der Waals surface area contributed by atoms with Gasteiger partial charge in [0.2, 0.25) is 0 Å². The quantitative estimate of drug-likeness (QED) is 0.233. The molecule has 0 saturated heterocycles. The zero-order chi connectivity index (χ0) is 33.6. The van der Waals surface area contributed by atoms with E-state index in [2.05, 4.69) is 15.8 Å². The number of carbonyl (C=O) groups excluding carboxylic acids is 1. The highest BCUT2D eigenvalue weighted by Gasteiger charge is 2.59. The molecular formula is C34H33F3N6O3S. The molecule has 1 amide bonds. The number of halogens is 3. The van der Waals surface area contributed by atoms with Crippen LogP contribution in [0.3, 0.4) is 0 Å². The number of hydrogen-bond acceptors (Lipinski definition) is 7. The van der Waals surface area contributed by atoms with Crippen molar-refractivity contribution in [2.24, 2.45) is 5.41 Å². The lowest BCUT2D eigenvalue weighted by atomic mass is 9.58. The van der Waals surface area contributed by atoms with Crippen molar-refractivity contribution in [3.63, 3.8) is 0 Å². The van der Waals surface area contributed by atoms with Gasteiger partial charge in [-0.15, -0.1) is 4.72 Å². The third-order valence-corrected chi connectivity index (χ3v) is 11.2. The normalized spacial score (nSPS) is 25.6. The first-order chi connectivity index (χ1) is 22.1. The molecule has 0 unspecified atom stereocenters. The third kappa shape index (κ3) is 4.96. The number of hydrogen-bond donors (Lipinski definition) is 1. The summed E-state index contributed by atoms with van der Waals surface area (Å²) in [6.45, 7) is 4.18. The first kappa shape index (κ1) is 31.5. The van der Waals surface area contributed by atoms with Crippen LogP contribution in [0.1, 0.15) is 86.5 Å². The molecule has 2 aromatic carbocycles. The number of benzene rings is 2. The second kappa shape index (κ2) is 10.7. The molecule has 1 saturated carbocycles. The van der Waals surface area contributed by atoms with Gasteiger partial charge in [-0.25, -0.2) is 9.37 Å². The Hall–Kier alpha value is -4.12. The highest BCUT2D eigenvalue weighted by Crippen LogP contribution is 2.55. The summed E-state index contributed by atoms with van der Waals surface area (Å²) >= 11 is -1.53. The number of rotatable bonds is 6. The second-order valence-electron chi connectivity index (χ2n) is 14.0. The highest BCUT2D eigenvalue weighted by atomic mass is 32.2. The average Bonchev–Trinajstić information content (AvgIpc) is 3.52. The molecule has 9 nitrogen and oxygen atoms in total. The summed E-state index contributed by atoms with van der Waals surface area (Å²) < 4.78 is 65.4. The van der Waals surface area contributed by atoms with Gasteiger partial charge in [0.15, 0.2) is 0 Å². The van der Waals surface area contributed by atoms with Crippen molar-refractivity contribution in [1.82, 2.24) is 24.2 Å². The fraction of sp³-hybridized carbons (Fsp3) is 0.412. The number of aromatic nitrogens is 3. The van der Waals surface area contributed by atoms with Crippen LogP contribution in [0.5, 0.6) is 5.75 Å². The standard InChI is InChI=1S/C34H33F3N6O3S/c1-32(2,3)47(45)41-34(15-33(4,16-34)17-38)28-21(35)11-19(14-39-28)18-9-10-22-23(12-18)43-24-13-25(29(43)40-22)42(5)30(44)20-7-6-8-26(27(20)24)46-31(36)37/h6-12,14,24-25,31,41H,13,15-16H2,1-5H3/t24-,25+,33-,34+,47-/m0/s1. The van der Waals surface area contributed by atoms with Gasteiger partial charge in [0, 0.05) is 47.7 Å². The van der Waals surface area contributed by atoms with E-state index in [1.54, 1.807) is 43.3 Å². The number of carbonyl (C=O) groups is 1. The van der Waals surface area contributed by atoms with Crippen molar-refractivity contribution >= 4 is 28.3 Å². The van der Waals surface area contributed by atoms with Gasteiger partial charge >= 0.3 is 6.61 Å². The number of nitrogens with zero attached hydrogens (tertiary/aromatic N) is 5. The molecule has 1 aliphatic carbocycles. The van der Waals surface area contributed by atoms with Crippen molar-refractivity contribution in [3.05, 3.63) is 77.1 Å². The molecule has 0 radical (unpaired) electrons. The summed E-state index contributed by atoms with van der Waals surface area (Å²) in [6.07, 6.45) is 2.51. The zero-order valence-corrected chi connectivity index (χ0v) is 27.3. The van der Waals surface area contributed by atoms with Crippen molar-refractivity contribution < 1.29 is 27.3 Å². The van der Waals surface area contributed by atoms with Crippen LogP contribution in [-0.2, 0) is 16.9 Å². The fourth-order valence-electron chi connectivity index (χ4n) is 7.38. The van der Waals surface area contributed by atoms with Crippen LogP contribution in [0.15, 0.2) is 48.7 Å². The van der Waals surface area contributed by atoms with Crippen molar-refractivity contribution in [1.29, 1.82) is 5.26 Å². The smallest absolute Gasteiger partial charge is 0.387 e. The Balaban J connectivity index is 1.30. The third-order valence-electron chi connectivity index (χ3n) is 9.53. The average molecular weight is 663 g/mol. The maximum atomic E-state index is 16.0. The summed E-state index contributed by atoms with van der Waals surface area (Å²) in [5.41, 5.74) is 1.48. The van der Waals surface area contributed by atoms with E-state index in [4.69, 9.17) is 9.72 Å². The molecular weight excluding hydrogens is 629 g/mol. The van der Waals surface area contributed by atoms with Gasteiger partial charge in [-0.2, -0.15) is 14.0 Å². The summed E-state index contributed by atoms with van der Waals surface area (Å²) in [4.78, 5) is 24.4. The van der Waals surface area contributed by atoms with Crippen LogP contribution < -0.4 is 9.46 Å². The van der Waals surface area contributed by atoms with Gasteiger partial charge in [-0.1, -0.05) is 12.1 Å². The molecule has 2 bridgehead atoms. The maximum absolute atomic E-state index is 16.0. The second-order valence-corrected chi connectivity index (χ2v) is 15.9. The lowest BCUT2D eigenvalue weighted by molar-refractivity contribution is -0.0507. The first-order valence-electron chi connectivity index (χ1n) is 15.3. The first-order valence-corrected chi connectivity index (χ1v) is 16.4. The lowest BCUT2D eigenvalue weighted by Gasteiger charge is -2.50. The van der Waals surface area contributed by atoms with Crippen LogP contribution in [0.25, 0.3) is 22.2 Å². The molecule has 244 valence electrons. The number of imidazole rings is 1. The minimum absolute atomic E-state index is 0.0592. The predicted molar refractivity (Wildman–Crippen MR) is 169 cm³/mol. The van der Waals surface area contributed by atoms with Gasteiger partial charge in [-0.3, -0.25) is 9.78 Å².